The van der Waals surface area contributed by atoms with E-state index < -0.39 is 11.8 Å². The van der Waals surface area contributed by atoms with Gasteiger partial charge in [0.15, 0.2) is 0 Å². The van der Waals surface area contributed by atoms with Crippen LogP contribution in [0.3, 0.4) is 0 Å². The average molecular weight is 330 g/mol. The summed E-state index contributed by atoms with van der Waals surface area (Å²) in [5.74, 6) is -1.55. The highest BCUT2D eigenvalue weighted by molar-refractivity contribution is 6.44. The fourth-order valence-corrected chi connectivity index (χ4v) is 2.36. The first-order valence-corrected chi connectivity index (χ1v) is 7.19. The minimum absolute atomic E-state index is 0.0252. The number of anilines is 1. The van der Waals surface area contributed by atoms with Crippen LogP contribution in [0.5, 0.6) is 5.75 Å². The SMILES string of the molecule is O=C1OC/C(=C(/Nc2ccccc2O)c2ccc(Cl)cc2)C1=O. The Labute approximate surface area is 137 Å². The third-order valence-electron chi connectivity index (χ3n) is 3.41. The first-order valence-electron chi connectivity index (χ1n) is 6.82. The van der Waals surface area contributed by atoms with Crippen molar-refractivity contribution in [2.24, 2.45) is 0 Å². The van der Waals surface area contributed by atoms with Crippen LogP contribution in [0, 0.1) is 0 Å². The summed E-state index contributed by atoms with van der Waals surface area (Å²) in [7, 11) is 0. The van der Waals surface area contributed by atoms with E-state index in [0.717, 1.165) is 0 Å². The second kappa shape index (κ2) is 6.14. The van der Waals surface area contributed by atoms with E-state index in [1.807, 2.05) is 0 Å². The lowest BCUT2D eigenvalue weighted by Crippen LogP contribution is -2.11. The number of cyclic esters (lactones) is 1. The average Bonchev–Trinajstić information content (AvgIpc) is 2.87. The zero-order valence-electron chi connectivity index (χ0n) is 11.9. The minimum atomic E-state index is -0.884. The molecule has 0 unspecified atom stereocenters. The molecule has 0 radical (unpaired) electrons. The Morgan fingerprint density at radius 2 is 1.78 bits per heavy atom. The number of benzene rings is 2. The van der Waals surface area contributed by atoms with Gasteiger partial charge >= 0.3 is 5.97 Å². The Hall–Kier alpha value is -2.79. The molecule has 1 heterocycles. The van der Waals surface area contributed by atoms with Crippen LogP contribution in [0.15, 0.2) is 54.1 Å². The molecule has 23 heavy (non-hydrogen) atoms. The number of halogens is 1. The Kier molecular flexibility index (Phi) is 4.04. The van der Waals surface area contributed by atoms with Gasteiger partial charge in [0.1, 0.15) is 12.4 Å². The number of aromatic hydroxyl groups is 1. The van der Waals surface area contributed by atoms with Crippen molar-refractivity contribution in [3.63, 3.8) is 0 Å². The van der Waals surface area contributed by atoms with Gasteiger partial charge in [-0.1, -0.05) is 35.9 Å². The third-order valence-corrected chi connectivity index (χ3v) is 3.66. The van der Waals surface area contributed by atoms with Gasteiger partial charge in [0.25, 0.3) is 5.78 Å². The number of hydrogen-bond acceptors (Lipinski definition) is 5. The molecule has 1 aliphatic rings. The van der Waals surface area contributed by atoms with Crippen molar-refractivity contribution in [1.82, 2.24) is 0 Å². The van der Waals surface area contributed by atoms with Crippen molar-refractivity contribution in [1.29, 1.82) is 0 Å². The number of phenols is 1. The van der Waals surface area contributed by atoms with Gasteiger partial charge in [-0.2, -0.15) is 0 Å². The number of carbonyl (C=O) groups excluding carboxylic acids is 2. The van der Waals surface area contributed by atoms with Gasteiger partial charge in [-0.25, -0.2) is 4.79 Å². The van der Waals surface area contributed by atoms with Crippen molar-refractivity contribution in [3.8, 4) is 5.75 Å². The summed E-state index contributed by atoms with van der Waals surface area (Å²) in [6, 6.07) is 13.4. The topological polar surface area (TPSA) is 75.6 Å². The number of phenolic OH excluding ortho intramolecular Hbond substituents is 1. The summed E-state index contributed by atoms with van der Waals surface area (Å²) in [6.45, 7) is -0.115. The lowest BCUT2D eigenvalue weighted by atomic mass is 10.0. The molecular formula is C17H12ClNO4. The number of para-hydroxylation sites is 2. The van der Waals surface area contributed by atoms with Gasteiger partial charge in [0, 0.05) is 5.02 Å². The Morgan fingerprint density at radius 3 is 2.39 bits per heavy atom. The maximum absolute atomic E-state index is 12.0. The molecular weight excluding hydrogens is 318 g/mol. The van der Waals surface area contributed by atoms with Crippen LogP contribution in [0.4, 0.5) is 5.69 Å². The van der Waals surface area contributed by atoms with Crippen LogP contribution in [-0.2, 0) is 14.3 Å². The summed E-state index contributed by atoms with van der Waals surface area (Å²) < 4.78 is 4.80. The zero-order chi connectivity index (χ0) is 16.4. The van der Waals surface area contributed by atoms with Crippen molar-refractivity contribution in [2.45, 2.75) is 0 Å². The van der Waals surface area contributed by atoms with E-state index in [0.29, 0.717) is 22.0 Å². The molecule has 5 nitrogen and oxygen atoms in total. The predicted molar refractivity (Wildman–Crippen MR) is 86.1 cm³/mol. The Morgan fingerprint density at radius 1 is 1.09 bits per heavy atom. The lowest BCUT2D eigenvalue weighted by molar-refractivity contribution is -0.146. The molecule has 1 aliphatic heterocycles. The van der Waals surface area contributed by atoms with Crippen LogP contribution in [0.25, 0.3) is 5.70 Å². The normalized spacial score (nSPS) is 16.2. The number of ketones is 1. The minimum Gasteiger partial charge on any atom is -0.506 e. The summed E-state index contributed by atoms with van der Waals surface area (Å²) in [6.07, 6.45) is 0. The second-order valence-corrected chi connectivity index (χ2v) is 5.34. The molecule has 6 heteroatoms. The fraction of sp³-hybridized carbons (Fsp3) is 0.0588. The number of ether oxygens (including phenoxy) is 1. The largest absolute Gasteiger partial charge is 0.506 e. The number of hydrogen-bond donors (Lipinski definition) is 2. The molecule has 0 bridgehead atoms. The van der Waals surface area contributed by atoms with E-state index in [4.69, 9.17) is 16.3 Å². The van der Waals surface area contributed by atoms with Crippen LogP contribution in [0.1, 0.15) is 5.56 Å². The molecule has 2 aromatic carbocycles. The van der Waals surface area contributed by atoms with E-state index in [1.165, 1.54) is 6.07 Å². The van der Waals surface area contributed by atoms with E-state index in [1.54, 1.807) is 42.5 Å². The quantitative estimate of drug-likeness (QED) is 0.392. The summed E-state index contributed by atoms with van der Waals surface area (Å²) >= 11 is 5.89. The molecule has 2 aromatic rings. The Balaban J connectivity index is 2.09. The molecule has 3 rings (SSSR count). The molecule has 0 atom stereocenters. The maximum Gasteiger partial charge on any atom is 0.379 e. The standard InChI is InChI=1S/C17H12ClNO4/c18-11-7-5-10(6-8-11)15(12-9-23-17(22)16(12)21)19-13-3-1-2-4-14(13)20/h1-8,19-20H,9H2/b15-12-. The maximum atomic E-state index is 12.0. The lowest BCUT2D eigenvalue weighted by Gasteiger charge is -2.14. The van der Waals surface area contributed by atoms with Gasteiger partial charge in [-0.15, -0.1) is 0 Å². The molecule has 1 saturated heterocycles. The monoisotopic (exact) mass is 329 g/mol. The predicted octanol–water partition coefficient (Wildman–Crippen LogP) is 2.99. The summed E-state index contributed by atoms with van der Waals surface area (Å²) in [5.41, 5.74) is 1.68. The molecule has 0 amide bonds. The van der Waals surface area contributed by atoms with Gasteiger partial charge in [0.2, 0.25) is 0 Å². The molecule has 0 aliphatic carbocycles. The number of esters is 1. The van der Waals surface area contributed by atoms with Gasteiger partial charge < -0.3 is 15.2 Å². The van der Waals surface area contributed by atoms with E-state index in [2.05, 4.69) is 5.32 Å². The molecule has 1 fully saturated rings. The molecule has 0 spiro atoms. The van der Waals surface area contributed by atoms with Gasteiger partial charge in [-0.05, 0) is 29.8 Å². The van der Waals surface area contributed by atoms with Crippen LogP contribution >= 0.6 is 11.6 Å². The zero-order valence-corrected chi connectivity index (χ0v) is 12.6. The smallest absolute Gasteiger partial charge is 0.379 e. The summed E-state index contributed by atoms with van der Waals surface area (Å²) in [4.78, 5) is 23.4. The van der Waals surface area contributed by atoms with Gasteiger partial charge in [0.05, 0.1) is 17.0 Å². The highest BCUT2D eigenvalue weighted by atomic mass is 35.5. The summed E-state index contributed by atoms with van der Waals surface area (Å²) in [5, 5.41) is 13.5. The first-order chi connectivity index (χ1) is 11.1. The Bertz CT molecular complexity index is 812. The number of carbonyl (C=O) groups is 2. The van der Waals surface area contributed by atoms with Crippen LogP contribution < -0.4 is 5.32 Å². The molecule has 116 valence electrons. The third kappa shape index (κ3) is 3.05. The van der Waals surface area contributed by atoms with Crippen molar-refractivity contribution in [3.05, 3.63) is 64.7 Å². The fourth-order valence-electron chi connectivity index (χ4n) is 2.23. The highest BCUT2D eigenvalue weighted by Crippen LogP contribution is 2.30. The highest BCUT2D eigenvalue weighted by Gasteiger charge is 2.32. The first kappa shape index (κ1) is 15.1. The van der Waals surface area contributed by atoms with Crippen molar-refractivity contribution >= 4 is 34.7 Å². The van der Waals surface area contributed by atoms with E-state index >= 15 is 0 Å². The second-order valence-electron chi connectivity index (χ2n) is 4.91. The van der Waals surface area contributed by atoms with E-state index in [9.17, 15) is 14.7 Å². The molecule has 0 aromatic heterocycles. The molecule has 0 saturated carbocycles. The number of rotatable bonds is 3. The van der Waals surface area contributed by atoms with Crippen LogP contribution in [-0.4, -0.2) is 23.5 Å². The number of Topliss-reactive ketones (excluding diaryl/α,β-unsaturated/α-hetero) is 1. The van der Waals surface area contributed by atoms with E-state index in [-0.39, 0.29) is 17.9 Å². The van der Waals surface area contributed by atoms with Crippen molar-refractivity contribution < 1.29 is 19.4 Å². The number of nitrogens with one attached hydrogen (secondary N) is 1. The van der Waals surface area contributed by atoms with Gasteiger partial charge in [-0.3, -0.25) is 4.79 Å². The molecule has 2 N–H and O–H groups in total. The van der Waals surface area contributed by atoms with Crippen molar-refractivity contribution in [2.75, 3.05) is 11.9 Å². The van der Waals surface area contributed by atoms with Crippen LogP contribution in [0.2, 0.25) is 5.02 Å².